The van der Waals surface area contributed by atoms with Gasteiger partial charge in [0.15, 0.2) is 0 Å². The van der Waals surface area contributed by atoms with Crippen LogP contribution in [-0.4, -0.2) is 49.4 Å². The van der Waals surface area contributed by atoms with Crippen LogP contribution in [0.15, 0.2) is 18.2 Å². The monoisotopic (exact) mass is 294 g/mol. The second-order valence-electron chi connectivity index (χ2n) is 4.91. The van der Waals surface area contributed by atoms with E-state index in [1.807, 2.05) is 4.90 Å². The van der Waals surface area contributed by atoms with Crippen LogP contribution < -0.4 is 16.0 Å². The van der Waals surface area contributed by atoms with E-state index in [9.17, 15) is 14.0 Å². The lowest BCUT2D eigenvalue weighted by Crippen LogP contribution is -2.48. The summed E-state index contributed by atoms with van der Waals surface area (Å²) in [5.74, 6) is -0.874. The summed E-state index contributed by atoms with van der Waals surface area (Å²) in [4.78, 5) is 26.2. The Bertz CT molecular complexity index is 542. The van der Waals surface area contributed by atoms with Gasteiger partial charge in [0, 0.05) is 38.8 Å². The Hall–Kier alpha value is -2.15. The van der Waals surface area contributed by atoms with Gasteiger partial charge in [-0.2, -0.15) is 0 Å². The first-order chi connectivity index (χ1) is 10.0. The van der Waals surface area contributed by atoms with Crippen molar-refractivity contribution in [3.05, 3.63) is 24.0 Å². The van der Waals surface area contributed by atoms with Crippen molar-refractivity contribution in [2.45, 2.75) is 6.92 Å². The maximum atomic E-state index is 14.0. The van der Waals surface area contributed by atoms with Crippen molar-refractivity contribution < 1.29 is 14.0 Å². The number of benzene rings is 1. The average Bonchev–Trinajstić information content (AvgIpc) is 2.49. The average molecular weight is 294 g/mol. The van der Waals surface area contributed by atoms with Crippen molar-refractivity contribution in [3.8, 4) is 0 Å². The molecule has 1 heterocycles. The molecule has 1 fully saturated rings. The number of rotatable bonds is 3. The minimum absolute atomic E-state index is 0.0562. The Morgan fingerprint density at radius 3 is 2.48 bits per heavy atom. The van der Waals surface area contributed by atoms with Crippen LogP contribution in [0.4, 0.5) is 15.8 Å². The molecule has 1 saturated heterocycles. The molecule has 0 saturated carbocycles. The Morgan fingerprint density at radius 2 is 1.95 bits per heavy atom. The van der Waals surface area contributed by atoms with Gasteiger partial charge in [0.1, 0.15) is 5.82 Å². The van der Waals surface area contributed by atoms with Crippen LogP contribution in [0.25, 0.3) is 0 Å². The summed E-state index contributed by atoms with van der Waals surface area (Å²) >= 11 is 0. The molecule has 1 aliphatic heterocycles. The highest BCUT2D eigenvalue weighted by Gasteiger charge is 2.19. The van der Waals surface area contributed by atoms with Crippen LogP contribution in [0.1, 0.15) is 6.92 Å². The number of nitrogens with two attached hydrogens (primary N) is 1. The summed E-state index contributed by atoms with van der Waals surface area (Å²) in [6, 6.07) is 4.66. The van der Waals surface area contributed by atoms with Crippen LogP contribution >= 0.6 is 0 Å². The van der Waals surface area contributed by atoms with E-state index in [2.05, 4.69) is 5.32 Å². The van der Waals surface area contributed by atoms with Gasteiger partial charge in [0.25, 0.3) is 0 Å². The highest BCUT2D eigenvalue weighted by Crippen LogP contribution is 2.23. The molecule has 2 rings (SSSR count). The molecule has 0 atom stereocenters. The number of hydrogen-bond donors (Lipinski definition) is 2. The van der Waals surface area contributed by atoms with Gasteiger partial charge in [0.2, 0.25) is 11.8 Å². The lowest BCUT2D eigenvalue weighted by atomic mass is 10.2. The molecule has 6 nitrogen and oxygen atoms in total. The molecule has 0 spiro atoms. The number of nitrogens with one attached hydrogen (secondary N) is 1. The second-order valence-corrected chi connectivity index (χ2v) is 4.91. The number of anilines is 2. The van der Waals surface area contributed by atoms with E-state index in [-0.39, 0.29) is 18.1 Å². The van der Waals surface area contributed by atoms with Crippen LogP contribution in [-0.2, 0) is 9.59 Å². The second kappa shape index (κ2) is 6.53. The topological polar surface area (TPSA) is 78.7 Å². The van der Waals surface area contributed by atoms with Gasteiger partial charge in [-0.3, -0.25) is 9.59 Å². The lowest BCUT2D eigenvalue weighted by Gasteiger charge is -2.35. The Labute approximate surface area is 122 Å². The predicted octanol–water partition coefficient (Wildman–Crippen LogP) is 0.391. The minimum Gasteiger partial charge on any atom is -0.368 e. The van der Waals surface area contributed by atoms with E-state index >= 15 is 0 Å². The van der Waals surface area contributed by atoms with Gasteiger partial charge in [-0.15, -0.1) is 0 Å². The number of amides is 2. The van der Waals surface area contributed by atoms with Gasteiger partial charge in [-0.25, -0.2) is 4.39 Å². The van der Waals surface area contributed by atoms with Gasteiger partial charge >= 0.3 is 0 Å². The van der Waals surface area contributed by atoms with Gasteiger partial charge in [0.05, 0.1) is 12.2 Å². The number of carbonyl (C=O) groups excluding carboxylic acids is 2. The van der Waals surface area contributed by atoms with Crippen molar-refractivity contribution in [2.24, 2.45) is 5.73 Å². The third-order valence-electron chi connectivity index (χ3n) is 3.50. The van der Waals surface area contributed by atoms with Crippen LogP contribution in [0, 0.1) is 5.82 Å². The standard InChI is InChI=1S/C14H19FN4O2/c1-10(20)18-4-6-19(7-5-18)11-2-3-13(12(15)8-11)17-14(21)9-16/h2-3,8H,4-7,9,16H2,1H3,(H,17,21). The molecule has 0 unspecified atom stereocenters. The molecule has 1 aromatic carbocycles. The zero-order valence-corrected chi connectivity index (χ0v) is 11.9. The van der Waals surface area contributed by atoms with Crippen molar-refractivity contribution >= 4 is 23.2 Å². The number of carbonyl (C=O) groups is 2. The molecule has 2 amide bonds. The molecular weight excluding hydrogens is 275 g/mol. The predicted molar refractivity (Wildman–Crippen MR) is 78.6 cm³/mol. The maximum Gasteiger partial charge on any atom is 0.238 e. The van der Waals surface area contributed by atoms with Crippen molar-refractivity contribution in [2.75, 3.05) is 42.9 Å². The third kappa shape index (κ3) is 3.69. The highest BCUT2D eigenvalue weighted by atomic mass is 19.1. The van der Waals surface area contributed by atoms with E-state index in [0.717, 1.165) is 5.69 Å². The van der Waals surface area contributed by atoms with E-state index in [1.165, 1.54) is 12.1 Å². The molecule has 0 radical (unpaired) electrons. The largest absolute Gasteiger partial charge is 0.368 e. The summed E-state index contributed by atoms with van der Waals surface area (Å²) in [6.45, 7) is 3.94. The summed E-state index contributed by atoms with van der Waals surface area (Å²) in [7, 11) is 0. The smallest absolute Gasteiger partial charge is 0.238 e. The zero-order valence-electron chi connectivity index (χ0n) is 11.9. The quantitative estimate of drug-likeness (QED) is 0.845. The van der Waals surface area contributed by atoms with Crippen LogP contribution in [0.2, 0.25) is 0 Å². The highest BCUT2D eigenvalue weighted by molar-refractivity contribution is 5.92. The van der Waals surface area contributed by atoms with E-state index < -0.39 is 11.7 Å². The Kier molecular flexibility index (Phi) is 4.74. The fourth-order valence-electron chi connectivity index (χ4n) is 2.28. The summed E-state index contributed by atoms with van der Waals surface area (Å²) < 4.78 is 14.0. The third-order valence-corrected chi connectivity index (χ3v) is 3.50. The number of nitrogens with zero attached hydrogens (tertiary/aromatic N) is 2. The molecule has 0 aliphatic carbocycles. The Balaban J connectivity index is 2.04. The van der Waals surface area contributed by atoms with E-state index in [1.54, 1.807) is 17.9 Å². The number of piperazine rings is 1. The molecule has 1 aliphatic rings. The molecule has 0 aromatic heterocycles. The normalized spacial score (nSPS) is 15.0. The maximum absolute atomic E-state index is 14.0. The SMILES string of the molecule is CC(=O)N1CCN(c2ccc(NC(=O)CN)c(F)c2)CC1. The zero-order chi connectivity index (χ0) is 15.4. The first-order valence-electron chi connectivity index (χ1n) is 6.81. The van der Waals surface area contributed by atoms with Crippen LogP contribution in [0.5, 0.6) is 0 Å². The molecule has 0 bridgehead atoms. The number of hydrogen-bond acceptors (Lipinski definition) is 4. The van der Waals surface area contributed by atoms with E-state index in [4.69, 9.17) is 5.73 Å². The van der Waals surface area contributed by atoms with Crippen molar-refractivity contribution in [1.82, 2.24) is 4.90 Å². The summed E-state index contributed by atoms with van der Waals surface area (Å²) in [6.07, 6.45) is 0. The first-order valence-corrected chi connectivity index (χ1v) is 6.81. The molecule has 21 heavy (non-hydrogen) atoms. The lowest BCUT2D eigenvalue weighted by molar-refractivity contribution is -0.129. The van der Waals surface area contributed by atoms with Crippen LogP contribution in [0.3, 0.4) is 0 Å². The number of halogens is 1. The molecule has 7 heteroatoms. The molecular formula is C14H19FN4O2. The first kappa shape index (κ1) is 15.2. The van der Waals surface area contributed by atoms with Gasteiger partial charge < -0.3 is 20.9 Å². The van der Waals surface area contributed by atoms with Gasteiger partial charge in [-0.05, 0) is 18.2 Å². The molecule has 1 aromatic rings. The van der Waals surface area contributed by atoms with E-state index in [0.29, 0.717) is 26.2 Å². The fraction of sp³-hybridized carbons (Fsp3) is 0.429. The van der Waals surface area contributed by atoms with Gasteiger partial charge in [-0.1, -0.05) is 0 Å². The summed E-state index contributed by atoms with van der Waals surface area (Å²) in [5, 5.41) is 2.40. The fourth-order valence-corrected chi connectivity index (χ4v) is 2.28. The summed E-state index contributed by atoms with van der Waals surface area (Å²) in [5.41, 5.74) is 6.04. The minimum atomic E-state index is -0.497. The van der Waals surface area contributed by atoms with Crippen molar-refractivity contribution in [3.63, 3.8) is 0 Å². The molecule has 3 N–H and O–H groups in total. The molecule has 114 valence electrons. The Morgan fingerprint density at radius 1 is 1.29 bits per heavy atom. The van der Waals surface area contributed by atoms with Crippen molar-refractivity contribution in [1.29, 1.82) is 0 Å².